The molecule has 0 saturated heterocycles. The number of carbonyl (C=O) groups is 1. The molecule has 1 aliphatic heterocycles. The lowest BCUT2D eigenvalue weighted by atomic mass is 10.0. The van der Waals surface area contributed by atoms with E-state index in [0.717, 1.165) is 15.6 Å². The van der Waals surface area contributed by atoms with Crippen molar-refractivity contribution in [2.24, 2.45) is 0 Å². The number of methoxy groups -OCH3 is 1. The Kier molecular flexibility index (Phi) is 8.83. The summed E-state index contributed by atoms with van der Waals surface area (Å²) >= 11 is 6.39. The number of amides is 1. The van der Waals surface area contributed by atoms with Gasteiger partial charge in [-0.15, -0.1) is 0 Å². The predicted molar refractivity (Wildman–Crippen MR) is 158 cm³/mol. The number of sulfonamides is 1. The fourth-order valence-corrected chi connectivity index (χ4v) is 5.89. The van der Waals surface area contributed by atoms with Crippen LogP contribution in [-0.4, -0.2) is 81.4 Å². The first kappa shape index (κ1) is 29.5. The van der Waals surface area contributed by atoms with Gasteiger partial charge in [-0.2, -0.15) is 4.98 Å². The van der Waals surface area contributed by atoms with E-state index in [-0.39, 0.29) is 33.6 Å². The number of hydrogen-bond acceptors (Lipinski definition) is 9. The Morgan fingerprint density at radius 1 is 1.10 bits per heavy atom. The molecule has 0 spiro atoms. The number of hydrogen-bond donors (Lipinski definition) is 2. The minimum Gasteiger partial charge on any atom is -0.494 e. The third kappa shape index (κ3) is 5.71. The molecule has 0 radical (unpaired) electrons. The second-order valence-corrected chi connectivity index (χ2v) is 12.2. The van der Waals surface area contributed by atoms with Gasteiger partial charge in [-0.1, -0.05) is 23.7 Å². The smallest absolute Gasteiger partial charge is 0.244 e. The highest BCUT2D eigenvalue weighted by molar-refractivity contribution is 7.89. The third-order valence-corrected chi connectivity index (χ3v) is 8.93. The van der Waals surface area contributed by atoms with Crippen LogP contribution < -0.4 is 20.3 Å². The molecule has 0 aliphatic carbocycles. The summed E-state index contributed by atoms with van der Waals surface area (Å²) in [5.74, 6) is 1.10. The minimum absolute atomic E-state index is 0.0577. The number of fused-ring (bicyclic) bond motifs is 1. The number of likely N-dealkylation sites (N-methyl/N-ethyl adjacent to an activating group) is 2. The van der Waals surface area contributed by atoms with Crippen molar-refractivity contribution in [1.82, 2.24) is 19.2 Å². The number of anilines is 5. The predicted octanol–water partition coefficient (Wildman–Crippen LogP) is 4.11. The third-order valence-electron chi connectivity index (χ3n) is 6.78. The van der Waals surface area contributed by atoms with Gasteiger partial charge in [-0.05, 0) is 58.1 Å². The molecule has 13 heteroatoms. The highest BCUT2D eigenvalue weighted by Gasteiger charge is 2.33. The van der Waals surface area contributed by atoms with Crippen molar-refractivity contribution in [3.05, 3.63) is 53.2 Å². The van der Waals surface area contributed by atoms with Crippen molar-refractivity contribution < 1.29 is 17.9 Å². The summed E-state index contributed by atoms with van der Waals surface area (Å²) in [5.41, 5.74) is 2.68. The van der Waals surface area contributed by atoms with E-state index in [4.69, 9.17) is 16.3 Å². The van der Waals surface area contributed by atoms with Gasteiger partial charge in [0, 0.05) is 26.2 Å². The van der Waals surface area contributed by atoms with Crippen LogP contribution >= 0.6 is 11.6 Å². The molecule has 1 unspecified atom stereocenters. The van der Waals surface area contributed by atoms with Crippen LogP contribution in [0.15, 0.2) is 47.5 Å². The second-order valence-electron chi connectivity index (χ2n) is 9.67. The maximum Gasteiger partial charge on any atom is 0.244 e. The Hall–Kier alpha value is -3.45. The highest BCUT2D eigenvalue weighted by atomic mass is 35.5. The number of halogens is 1. The number of rotatable bonds is 9. The van der Waals surface area contributed by atoms with E-state index in [1.807, 2.05) is 38.1 Å². The zero-order valence-electron chi connectivity index (χ0n) is 23.4. The number of ether oxygens (including phenoxy) is 1. The standard InChI is InChI=1S/C27H34ClN7O4S/c1-7-35-21-15-13-20(24(39-6)17(21)12-14-22(26(35)36)33(2)3)31-27-29-16-18(28)25(32-27)30-19-10-8-9-11-23(19)40(37,38)34(4)5/h8-11,13,15-16,22H,7,12,14H2,1-6H3,(H2,29,30,31,32). The molecule has 3 aromatic rings. The van der Waals surface area contributed by atoms with Crippen molar-refractivity contribution in [1.29, 1.82) is 0 Å². The van der Waals surface area contributed by atoms with E-state index in [1.54, 1.807) is 30.2 Å². The fourth-order valence-electron chi connectivity index (χ4n) is 4.71. The lowest BCUT2D eigenvalue weighted by molar-refractivity contribution is -0.122. The summed E-state index contributed by atoms with van der Waals surface area (Å²) in [7, 11) is 4.63. The molecule has 1 aliphatic rings. The van der Waals surface area contributed by atoms with Crippen molar-refractivity contribution in [3.8, 4) is 5.75 Å². The van der Waals surface area contributed by atoms with Gasteiger partial charge in [0.1, 0.15) is 15.7 Å². The van der Waals surface area contributed by atoms with Crippen LogP contribution in [0.25, 0.3) is 0 Å². The first-order valence-electron chi connectivity index (χ1n) is 12.7. The molecule has 4 rings (SSSR count). The topological polar surface area (TPSA) is 120 Å². The Morgan fingerprint density at radius 2 is 1.82 bits per heavy atom. The van der Waals surface area contributed by atoms with Crippen LogP contribution in [0.2, 0.25) is 5.02 Å². The summed E-state index contributed by atoms with van der Waals surface area (Å²) in [6.45, 7) is 2.49. The zero-order chi connectivity index (χ0) is 29.2. The number of benzene rings is 2. The Bertz CT molecular complexity index is 1510. The van der Waals surface area contributed by atoms with Gasteiger partial charge in [-0.25, -0.2) is 17.7 Å². The lowest BCUT2D eigenvalue weighted by Gasteiger charge is -2.28. The molecular weight excluding hydrogens is 554 g/mol. The average molecular weight is 588 g/mol. The van der Waals surface area contributed by atoms with Gasteiger partial charge >= 0.3 is 0 Å². The van der Waals surface area contributed by atoms with Crippen molar-refractivity contribution >= 4 is 56.4 Å². The highest BCUT2D eigenvalue weighted by Crippen LogP contribution is 2.41. The minimum atomic E-state index is -3.72. The molecule has 0 fully saturated rings. The lowest BCUT2D eigenvalue weighted by Crippen LogP contribution is -2.45. The van der Waals surface area contributed by atoms with Gasteiger partial charge in [0.05, 0.1) is 36.4 Å². The summed E-state index contributed by atoms with van der Waals surface area (Å²) in [4.78, 5) is 25.9. The number of nitrogens with zero attached hydrogens (tertiary/aromatic N) is 5. The molecule has 2 N–H and O–H groups in total. The summed E-state index contributed by atoms with van der Waals surface area (Å²) < 4.78 is 32.7. The SMILES string of the molecule is CCN1C(=O)C(N(C)C)CCc2c1ccc(Nc1ncc(Cl)c(Nc3ccccc3S(=O)(=O)N(C)C)n1)c2OC. The molecule has 1 amide bonds. The summed E-state index contributed by atoms with van der Waals surface area (Å²) in [6, 6.07) is 10.0. The molecule has 2 heterocycles. The van der Waals surface area contributed by atoms with Crippen LogP contribution in [-0.2, 0) is 21.2 Å². The van der Waals surface area contributed by atoms with Crippen molar-refractivity contribution in [3.63, 3.8) is 0 Å². The van der Waals surface area contributed by atoms with Crippen LogP contribution in [0.3, 0.4) is 0 Å². The van der Waals surface area contributed by atoms with E-state index in [9.17, 15) is 13.2 Å². The van der Waals surface area contributed by atoms with Gasteiger partial charge in [0.25, 0.3) is 0 Å². The molecule has 1 aromatic heterocycles. The van der Waals surface area contributed by atoms with Crippen molar-refractivity contribution in [2.75, 3.05) is 57.4 Å². The van der Waals surface area contributed by atoms with Gasteiger partial charge in [0.15, 0.2) is 5.82 Å². The first-order valence-corrected chi connectivity index (χ1v) is 14.6. The van der Waals surface area contributed by atoms with Crippen LogP contribution in [0.1, 0.15) is 18.9 Å². The monoisotopic (exact) mass is 587 g/mol. The van der Waals surface area contributed by atoms with E-state index < -0.39 is 10.0 Å². The maximum atomic E-state index is 13.2. The summed E-state index contributed by atoms with van der Waals surface area (Å²) in [5, 5.41) is 6.45. The van der Waals surface area contributed by atoms with Crippen LogP contribution in [0.4, 0.5) is 28.8 Å². The fraction of sp³-hybridized carbons (Fsp3) is 0.370. The molecule has 1 atom stereocenters. The number of nitrogens with one attached hydrogen (secondary N) is 2. The van der Waals surface area contributed by atoms with E-state index in [2.05, 4.69) is 20.6 Å². The number of para-hydroxylation sites is 1. The van der Waals surface area contributed by atoms with Crippen LogP contribution in [0.5, 0.6) is 5.75 Å². The molecule has 2 aromatic carbocycles. The van der Waals surface area contributed by atoms with Gasteiger partial charge < -0.3 is 20.3 Å². The molecular formula is C27H34ClN7O4S. The normalized spacial score (nSPS) is 15.7. The first-order chi connectivity index (χ1) is 19.0. The number of aromatic nitrogens is 2. The second kappa shape index (κ2) is 12.0. The zero-order valence-corrected chi connectivity index (χ0v) is 25.0. The van der Waals surface area contributed by atoms with Gasteiger partial charge in [0.2, 0.25) is 21.9 Å². The van der Waals surface area contributed by atoms with E-state index >= 15 is 0 Å². The number of carbonyl (C=O) groups excluding carboxylic acids is 1. The molecule has 0 saturated carbocycles. The van der Waals surface area contributed by atoms with E-state index in [0.29, 0.717) is 36.5 Å². The largest absolute Gasteiger partial charge is 0.494 e. The maximum absolute atomic E-state index is 13.2. The molecule has 11 nitrogen and oxygen atoms in total. The Labute approximate surface area is 240 Å². The molecule has 40 heavy (non-hydrogen) atoms. The van der Waals surface area contributed by atoms with Crippen molar-refractivity contribution in [2.45, 2.75) is 30.7 Å². The Balaban J connectivity index is 1.69. The molecule has 0 bridgehead atoms. The van der Waals surface area contributed by atoms with E-state index in [1.165, 1.54) is 26.4 Å². The Morgan fingerprint density at radius 3 is 2.48 bits per heavy atom. The summed E-state index contributed by atoms with van der Waals surface area (Å²) in [6.07, 6.45) is 2.72. The van der Waals surface area contributed by atoms with Gasteiger partial charge in [-0.3, -0.25) is 9.69 Å². The molecule has 214 valence electrons. The van der Waals surface area contributed by atoms with Crippen LogP contribution in [0, 0.1) is 0 Å². The average Bonchev–Trinajstić information content (AvgIpc) is 3.06. The quantitative estimate of drug-likeness (QED) is 0.381.